The van der Waals surface area contributed by atoms with Crippen molar-refractivity contribution in [1.82, 2.24) is 9.97 Å². The molecule has 0 bridgehead atoms. The van der Waals surface area contributed by atoms with Gasteiger partial charge in [-0.1, -0.05) is 6.07 Å². The predicted octanol–water partition coefficient (Wildman–Crippen LogP) is 1.67. The van der Waals surface area contributed by atoms with Gasteiger partial charge in [-0.2, -0.15) is 0 Å². The lowest BCUT2D eigenvalue weighted by Crippen LogP contribution is -2.15. The molecule has 0 radical (unpaired) electrons. The van der Waals surface area contributed by atoms with E-state index in [9.17, 15) is 0 Å². The molecule has 1 atom stereocenters. The fraction of sp³-hybridized carbons (Fsp3) is 0.308. The number of rotatable bonds is 5. The van der Waals surface area contributed by atoms with Gasteiger partial charge in [-0.15, -0.1) is 0 Å². The number of hydrogen-bond acceptors (Lipinski definition) is 4. The zero-order valence-electron chi connectivity index (χ0n) is 10.5. The average Bonchev–Trinajstić information content (AvgIpc) is 2.90. The van der Waals surface area contributed by atoms with Crippen LogP contribution in [-0.2, 0) is 6.42 Å². The number of methoxy groups -OCH3 is 2. The number of H-pyrrole nitrogens is 1. The molecule has 3 N–H and O–H groups in total. The van der Waals surface area contributed by atoms with E-state index < -0.39 is 0 Å². The average molecular weight is 247 g/mol. The Morgan fingerprint density at radius 3 is 2.78 bits per heavy atom. The monoisotopic (exact) mass is 247 g/mol. The van der Waals surface area contributed by atoms with E-state index in [1.807, 2.05) is 18.2 Å². The van der Waals surface area contributed by atoms with Crippen molar-refractivity contribution < 1.29 is 9.47 Å². The second-order valence-electron chi connectivity index (χ2n) is 3.95. The van der Waals surface area contributed by atoms with Crippen LogP contribution in [-0.4, -0.2) is 24.2 Å². The first-order chi connectivity index (χ1) is 8.74. The van der Waals surface area contributed by atoms with Crippen LogP contribution in [0, 0.1) is 0 Å². The molecule has 18 heavy (non-hydrogen) atoms. The minimum absolute atomic E-state index is 0.169. The quantitative estimate of drug-likeness (QED) is 0.843. The summed E-state index contributed by atoms with van der Waals surface area (Å²) in [6.07, 6.45) is 4.14. The van der Waals surface area contributed by atoms with E-state index in [4.69, 9.17) is 15.2 Å². The summed E-state index contributed by atoms with van der Waals surface area (Å²) in [6, 6.07) is 5.46. The highest BCUT2D eigenvalue weighted by molar-refractivity contribution is 5.42. The SMILES string of the molecule is COc1ccc(C(N)Cc2ncc[nH]2)c(OC)c1. The van der Waals surface area contributed by atoms with Crippen LogP contribution in [0.25, 0.3) is 0 Å². The van der Waals surface area contributed by atoms with Crippen LogP contribution in [0.5, 0.6) is 11.5 Å². The Bertz CT molecular complexity index is 497. The molecule has 5 nitrogen and oxygen atoms in total. The van der Waals surface area contributed by atoms with Gasteiger partial charge in [0, 0.05) is 36.5 Å². The van der Waals surface area contributed by atoms with E-state index in [1.165, 1.54) is 0 Å². The highest BCUT2D eigenvalue weighted by Crippen LogP contribution is 2.29. The van der Waals surface area contributed by atoms with Crippen LogP contribution in [0.2, 0.25) is 0 Å². The molecule has 1 heterocycles. The Morgan fingerprint density at radius 2 is 2.17 bits per heavy atom. The van der Waals surface area contributed by atoms with Crippen molar-refractivity contribution >= 4 is 0 Å². The van der Waals surface area contributed by atoms with E-state index in [2.05, 4.69) is 9.97 Å². The number of aromatic amines is 1. The third-order valence-electron chi connectivity index (χ3n) is 2.81. The van der Waals surface area contributed by atoms with Gasteiger partial charge in [-0.3, -0.25) is 0 Å². The van der Waals surface area contributed by atoms with Gasteiger partial charge in [0.1, 0.15) is 17.3 Å². The van der Waals surface area contributed by atoms with Crippen LogP contribution in [0.1, 0.15) is 17.4 Å². The smallest absolute Gasteiger partial charge is 0.127 e. The molecule has 0 aliphatic heterocycles. The van der Waals surface area contributed by atoms with Gasteiger partial charge in [0.15, 0.2) is 0 Å². The van der Waals surface area contributed by atoms with E-state index >= 15 is 0 Å². The van der Waals surface area contributed by atoms with Gasteiger partial charge >= 0.3 is 0 Å². The first-order valence-corrected chi connectivity index (χ1v) is 5.70. The largest absolute Gasteiger partial charge is 0.497 e. The first kappa shape index (κ1) is 12.4. The second-order valence-corrected chi connectivity index (χ2v) is 3.95. The molecule has 0 saturated heterocycles. The standard InChI is InChI=1S/C13H17N3O2/c1-17-9-3-4-10(12(7-9)18-2)11(14)8-13-15-5-6-16-13/h3-7,11H,8,14H2,1-2H3,(H,15,16). The predicted molar refractivity (Wildman–Crippen MR) is 68.8 cm³/mol. The van der Waals surface area contributed by atoms with Gasteiger partial charge in [0.25, 0.3) is 0 Å². The fourth-order valence-electron chi connectivity index (χ4n) is 1.85. The molecule has 96 valence electrons. The molecule has 1 aromatic heterocycles. The molecular formula is C13H17N3O2. The minimum Gasteiger partial charge on any atom is -0.497 e. The van der Waals surface area contributed by atoms with Crippen molar-refractivity contribution in [2.75, 3.05) is 14.2 Å². The number of ether oxygens (including phenoxy) is 2. The van der Waals surface area contributed by atoms with Crippen molar-refractivity contribution in [3.63, 3.8) is 0 Å². The lowest BCUT2D eigenvalue weighted by molar-refractivity contribution is 0.388. The number of nitrogens with one attached hydrogen (secondary N) is 1. The Labute approximate surface area is 106 Å². The summed E-state index contributed by atoms with van der Waals surface area (Å²) in [4.78, 5) is 7.21. The normalized spacial score (nSPS) is 12.2. The zero-order valence-corrected chi connectivity index (χ0v) is 10.5. The van der Waals surface area contributed by atoms with Gasteiger partial charge in [-0.05, 0) is 6.07 Å². The highest BCUT2D eigenvalue weighted by atomic mass is 16.5. The summed E-state index contributed by atoms with van der Waals surface area (Å²) in [5.74, 6) is 2.34. The van der Waals surface area contributed by atoms with Gasteiger partial charge in [0.2, 0.25) is 0 Å². The lowest BCUT2D eigenvalue weighted by Gasteiger charge is -2.15. The van der Waals surface area contributed by atoms with E-state index in [0.717, 1.165) is 22.9 Å². The third-order valence-corrected chi connectivity index (χ3v) is 2.81. The molecule has 1 unspecified atom stereocenters. The summed E-state index contributed by atoms with van der Waals surface area (Å²) in [6.45, 7) is 0. The maximum atomic E-state index is 6.17. The molecule has 2 aromatic rings. The van der Waals surface area contributed by atoms with Crippen LogP contribution in [0.3, 0.4) is 0 Å². The van der Waals surface area contributed by atoms with Crippen molar-refractivity contribution in [2.45, 2.75) is 12.5 Å². The first-order valence-electron chi connectivity index (χ1n) is 5.70. The van der Waals surface area contributed by atoms with Gasteiger partial charge in [0.05, 0.1) is 14.2 Å². The Morgan fingerprint density at radius 1 is 1.33 bits per heavy atom. The summed E-state index contributed by atoms with van der Waals surface area (Å²) < 4.78 is 10.5. The van der Waals surface area contributed by atoms with Crippen molar-refractivity contribution in [2.24, 2.45) is 5.73 Å². The van der Waals surface area contributed by atoms with E-state index in [0.29, 0.717) is 6.42 Å². The fourth-order valence-corrected chi connectivity index (χ4v) is 1.85. The number of imidazole rings is 1. The Hall–Kier alpha value is -2.01. The Kier molecular flexibility index (Phi) is 3.84. The van der Waals surface area contributed by atoms with E-state index in [1.54, 1.807) is 26.6 Å². The van der Waals surface area contributed by atoms with Crippen molar-refractivity contribution in [3.05, 3.63) is 42.0 Å². The zero-order chi connectivity index (χ0) is 13.0. The third kappa shape index (κ3) is 2.62. The number of benzene rings is 1. The molecule has 1 aromatic carbocycles. The van der Waals surface area contributed by atoms with Crippen LogP contribution in [0.15, 0.2) is 30.6 Å². The Balaban J connectivity index is 2.21. The minimum atomic E-state index is -0.169. The van der Waals surface area contributed by atoms with E-state index in [-0.39, 0.29) is 6.04 Å². The summed E-state index contributed by atoms with van der Waals surface area (Å²) in [7, 11) is 3.25. The summed E-state index contributed by atoms with van der Waals surface area (Å²) in [5.41, 5.74) is 7.11. The summed E-state index contributed by atoms with van der Waals surface area (Å²) >= 11 is 0. The maximum Gasteiger partial charge on any atom is 0.127 e. The van der Waals surface area contributed by atoms with Crippen LogP contribution >= 0.6 is 0 Å². The van der Waals surface area contributed by atoms with Gasteiger partial charge < -0.3 is 20.2 Å². The number of aromatic nitrogens is 2. The summed E-state index contributed by atoms with van der Waals surface area (Å²) in [5, 5.41) is 0. The number of nitrogens with two attached hydrogens (primary N) is 1. The van der Waals surface area contributed by atoms with Crippen molar-refractivity contribution in [3.8, 4) is 11.5 Å². The van der Waals surface area contributed by atoms with Crippen LogP contribution in [0.4, 0.5) is 0 Å². The van der Waals surface area contributed by atoms with Crippen molar-refractivity contribution in [1.29, 1.82) is 0 Å². The lowest BCUT2D eigenvalue weighted by atomic mass is 10.0. The number of nitrogens with zero attached hydrogens (tertiary/aromatic N) is 1. The molecule has 0 spiro atoms. The van der Waals surface area contributed by atoms with Crippen LogP contribution < -0.4 is 15.2 Å². The number of hydrogen-bond donors (Lipinski definition) is 2. The highest BCUT2D eigenvalue weighted by Gasteiger charge is 2.14. The maximum absolute atomic E-state index is 6.17. The molecule has 0 aliphatic carbocycles. The van der Waals surface area contributed by atoms with Gasteiger partial charge in [-0.25, -0.2) is 4.98 Å². The second kappa shape index (κ2) is 5.55. The molecule has 2 rings (SSSR count). The topological polar surface area (TPSA) is 73.2 Å². The molecule has 0 aliphatic rings. The molecule has 0 saturated carbocycles. The molecule has 0 amide bonds. The molecule has 5 heteroatoms. The molecular weight excluding hydrogens is 230 g/mol. The molecule has 0 fully saturated rings.